The standard InChI is InChI=1S/C23H30N4O4S/c1-16-7-4-5-8-17(16)14-25-20-11-19(12-21(13-20)32(30,31)26(2)3)23(29)27-10-6-9-18(15-27)22(24)28/h4-5,7-8,11-13,18,25H,6,9-10,14-15H2,1-3H3,(H2,24,28)/t18-/m0/s1. The molecule has 1 heterocycles. The van der Waals surface area contributed by atoms with E-state index >= 15 is 0 Å². The van der Waals surface area contributed by atoms with Crippen LogP contribution in [-0.2, 0) is 21.4 Å². The molecular weight excluding hydrogens is 428 g/mol. The average Bonchev–Trinajstić information content (AvgIpc) is 2.77. The molecule has 9 heteroatoms. The minimum absolute atomic E-state index is 0.0316. The number of primary amides is 1. The number of carbonyl (C=O) groups excluding carboxylic acids is 2. The van der Waals surface area contributed by atoms with E-state index in [1.54, 1.807) is 11.0 Å². The predicted octanol–water partition coefficient (Wildman–Crippen LogP) is 2.19. The summed E-state index contributed by atoms with van der Waals surface area (Å²) >= 11 is 0. The van der Waals surface area contributed by atoms with Crippen LogP contribution < -0.4 is 11.1 Å². The van der Waals surface area contributed by atoms with Crippen molar-refractivity contribution in [3.63, 3.8) is 0 Å². The number of sulfonamides is 1. The number of likely N-dealkylation sites (tertiary alicyclic amines) is 1. The Bertz CT molecular complexity index is 1110. The fourth-order valence-corrected chi connectivity index (χ4v) is 4.74. The fraction of sp³-hybridized carbons (Fsp3) is 0.391. The van der Waals surface area contributed by atoms with Gasteiger partial charge in [0.25, 0.3) is 5.91 Å². The van der Waals surface area contributed by atoms with Gasteiger partial charge in [0.2, 0.25) is 15.9 Å². The van der Waals surface area contributed by atoms with Crippen LogP contribution in [0, 0.1) is 12.8 Å². The first-order valence-corrected chi connectivity index (χ1v) is 12.0. The summed E-state index contributed by atoms with van der Waals surface area (Å²) in [6.45, 7) is 3.23. The van der Waals surface area contributed by atoms with Gasteiger partial charge < -0.3 is 16.0 Å². The largest absolute Gasteiger partial charge is 0.381 e. The zero-order valence-corrected chi connectivity index (χ0v) is 19.5. The second-order valence-corrected chi connectivity index (χ2v) is 10.5. The third-order valence-electron chi connectivity index (χ3n) is 5.79. The minimum Gasteiger partial charge on any atom is -0.381 e. The highest BCUT2D eigenvalue weighted by atomic mass is 32.2. The van der Waals surface area contributed by atoms with Crippen LogP contribution in [0.4, 0.5) is 5.69 Å². The molecule has 0 radical (unpaired) electrons. The number of nitrogens with zero attached hydrogens (tertiary/aromatic N) is 2. The molecule has 3 rings (SSSR count). The average molecular weight is 459 g/mol. The maximum atomic E-state index is 13.2. The number of piperidine rings is 1. The third kappa shape index (κ3) is 5.28. The van der Waals surface area contributed by atoms with E-state index in [4.69, 9.17) is 5.73 Å². The van der Waals surface area contributed by atoms with Crippen molar-refractivity contribution >= 4 is 27.5 Å². The number of rotatable bonds is 7. The molecule has 0 aromatic heterocycles. The molecule has 2 aromatic carbocycles. The van der Waals surface area contributed by atoms with Crippen molar-refractivity contribution in [3.05, 3.63) is 59.2 Å². The molecule has 1 fully saturated rings. The number of aryl methyl sites for hydroxylation is 1. The quantitative estimate of drug-likeness (QED) is 0.660. The van der Waals surface area contributed by atoms with E-state index in [1.807, 2.05) is 31.2 Å². The van der Waals surface area contributed by atoms with Gasteiger partial charge in [-0.2, -0.15) is 0 Å². The molecule has 2 amide bonds. The van der Waals surface area contributed by atoms with Crippen LogP contribution in [0.25, 0.3) is 0 Å². The molecule has 0 unspecified atom stereocenters. The number of hydrogen-bond donors (Lipinski definition) is 2. The van der Waals surface area contributed by atoms with Crippen molar-refractivity contribution in [2.75, 3.05) is 32.5 Å². The summed E-state index contributed by atoms with van der Waals surface area (Å²) < 4.78 is 26.8. The molecule has 1 aliphatic heterocycles. The maximum absolute atomic E-state index is 13.2. The van der Waals surface area contributed by atoms with Crippen LogP contribution in [0.1, 0.15) is 34.3 Å². The summed E-state index contributed by atoms with van der Waals surface area (Å²) in [6, 6.07) is 12.5. The van der Waals surface area contributed by atoms with Crippen molar-refractivity contribution in [2.45, 2.75) is 31.2 Å². The van der Waals surface area contributed by atoms with E-state index in [9.17, 15) is 18.0 Å². The summed E-state index contributed by atoms with van der Waals surface area (Å²) in [4.78, 5) is 26.5. The summed E-state index contributed by atoms with van der Waals surface area (Å²) in [6.07, 6.45) is 1.32. The molecule has 0 saturated carbocycles. The van der Waals surface area contributed by atoms with Crippen LogP contribution in [0.5, 0.6) is 0 Å². The number of nitrogens with two attached hydrogens (primary N) is 1. The van der Waals surface area contributed by atoms with E-state index in [0.29, 0.717) is 31.6 Å². The SMILES string of the molecule is Cc1ccccc1CNc1cc(C(=O)N2CCC[C@H](C(N)=O)C2)cc(S(=O)(=O)N(C)C)c1. The molecule has 1 aliphatic rings. The minimum atomic E-state index is -3.75. The van der Waals surface area contributed by atoms with Crippen LogP contribution >= 0.6 is 0 Å². The first kappa shape index (κ1) is 23.7. The number of benzene rings is 2. The fourth-order valence-electron chi connectivity index (χ4n) is 3.77. The van der Waals surface area contributed by atoms with Crippen LogP contribution in [-0.4, -0.2) is 56.6 Å². The molecule has 32 heavy (non-hydrogen) atoms. The van der Waals surface area contributed by atoms with Crippen molar-refractivity contribution in [2.24, 2.45) is 11.7 Å². The molecular formula is C23H30N4O4S. The molecule has 2 aromatic rings. The highest BCUT2D eigenvalue weighted by Gasteiger charge is 2.29. The highest BCUT2D eigenvalue weighted by Crippen LogP contribution is 2.25. The second kappa shape index (κ2) is 9.70. The van der Waals surface area contributed by atoms with Gasteiger partial charge >= 0.3 is 0 Å². The number of anilines is 1. The Morgan fingerprint density at radius 3 is 2.56 bits per heavy atom. The van der Waals surface area contributed by atoms with Gasteiger partial charge in [-0.3, -0.25) is 9.59 Å². The van der Waals surface area contributed by atoms with Gasteiger partial charge in [0.1, 0.15) is 0 Å². The molecule has 0 aliphatic carbocycles. The smallest absolute Gasteiger partial charge is 0.253 e. The van der Waals surface area contributed by atoms with E-state index < -0.39 is 15.9 Å². The Balaban J connectivity index is 1.94. The van der Waals surface area contributed by atoms with Crippen LogP contribution in [0.3, 0.4) is 0 Å². The van der Waals surface area contributed by atoms with Gasteiger partial charge in [-0.25, -0.2) is 12.7 Å². The van der Waals surface area contributed by atoms with Gasteiger partial charge in [0, 0.05) is 45.0 Å². The molecule has 172 valence electrons. The predicted molar refractivity (Wildman–Crippen MR) is 124 cm³/mol. The summed E-state index contributed by atoms with van der Waals surface area (Å²) in [7, 11) is -0.851. The van der Waals surface area contributed by atoms with Gasteiger partial charge in [0.15, 0.2) is 0 Å². The Hall–Kier alpha value is -2.91. The summed E-state index contributed by atoms with van der Waals surface area (Å²) in [5, 5.41) is 3.25. The van der Waals surface area contributed by atoms with Crippen molar-refractivity contribution in [3.8, 4) is 0 Å². The lowest BCUT2D eigenvalue weighted by Gasteiger charge is -2.31. The lowest BCUT2D eigenvalue weighted by molar-refractivity contribution is -0.123. The Kier molecular flexibility index (Phi) is 7.20. The first-order chi connectivity index (χ1) is 15.1. The van der Waals surface area contributed by atoms with Crippen molar-refractivity contribution in [1.82, 2.24) is 9.21 Å². The molecule has 0 bridgehead atoms. The van der Waals surface area contributed by atoms with Gasteiger partial charge in [0.05, 0.1) is 10.8 Å². The van der Waals surface area contributed by atoms with Gasteiger partial charge in [-0.1, -0.05) is 24.3 Å². The van der Waals surface area contributed by atoms with Crippen molar-refractivity contribution < 1.29 is 18.0 Å². The third-order valence-corrected chi connectivity index (χ3v) is 7.58. The number of hydrogen-bond acceptors (Lipinski definition) is 5. The summed E-state index contributed by atoms with van der Waals surface area (Å²) in [5.41, 5.74) is 8.41. The first-order valence-electron chi connectivity index (χ1n) is 10.5. The van der Waals surface area contributed by atoms with E-state index in [0.717, 1.165) is 15.4 Å². The highest BCUT2D eigenvalue weighted by molar-refractivity contribution is 7.89. The van der Waals surface area contributed by atoms with Crippen LogP contribution in [0.2, 0.25) is 0 Å². The zero-order valence-electron chi connectivity index (χ0n) is 18.7. The van der Waals surface area contributed by atoms with Crippen LogP contribution in [0.15, 0.2) is 47.4 Å². The number of carbonyl (C=O) groups is 2. The normalized spacial score (nSPS) is 16.8. The maximum Gasteiger partial charge on any atom is 0.253 e. The Morgan fingerprint density at radius 1 is 1.19 bits per heavy atom. The molecule has 0 spiro atoms. The van der Waals surface area contributed by atoms with Gasteiger partial charge in [-0.05, 0) is 49.1 Å². The Labute approximate surface area is 189 Å². The number of amides is 2. The lowest BCUT2D eigenvalue weighted by Crippen LogP contribution is -2.44. The topological polar surface area (TPSA) is 113 Å². The molecule has 3 N–H and O–H groups in total. The monoisotopic (exact) mass is 458 g/mol. The lowest BCUT2D eigenvalue weighted by atomic mass is 9.97. The molecule has 8 nitrogen and oxygen atoms in total. The van der Waals surface area contributed by atoms with E-state index in [1.165, 1.54) is 26.2 Å². The van der Waals surface area contributed by atoms with E-state index in [-0.39, 0.29) is 28.8 Å². The molecule has 1 saturated heterocycles. The number of nitrogens with one attached hydrogen (secondary N) is 1. The second-order valence-electron chi connectivity index (χ2n) is 8.31. The Morgan fingerprint density at radius 2 is 1.91 bits per heavy atom. The zero-order chi connectivity index (χ0) is 23.5. The summed E-state index contributed by atoms with van der Waals surface area (Å²) in [5.74, 6) is -1.13. The van der Waals surface area contributed by atoms with Gasteiger partial charge in [-0.15, -0.1) is 0 Å². The van der Waals surface area contributed by atoms with E-state index in [2.05, 4.69) is 5.32 Å². The molecule has 1 atom stereocenters. The van der Waals surface area contributed by atoms with Crippen molar-refractivity contribution in [1.29, 1.82) is 0 Å².